The van der Waals surface area contributed by atoms with E-state index in [9.17, 15) is 12.8 Å². The Hall–Kier alpha value is -1.38. The second-order valence-corrected chi connectivity index (χ2v) is 11.5. The van der Waals surface area contributed by atoms with Crippen molar-refractivity contribution in [2.45, 2.75) is 37.5 Å². The molecule has 2 heterocycles. The molecule has 0 amide bonds. The molecule has 1 atom stereocenters. The molecule has 2 fully saturated rings. The van der Waals surface area contributed by atoms with E-state index in [1.54, 1.807) is 33.0 Å². The largest absolute Gasteiger partial charge is 0.354 e. The summed E-state index contributed by atoms with van der Waals surface area (Å²) in [5, 5.41) is 3.77. The van der Waals surface area contributed by atoms with Crippen LogP contribution in [0.1, 0.15) is 38.3 Å². The molecule has 162 valence electrons. The van der Waals surface area contributed by atoms with Gasteiger partial charge in [0.2, 0.25) is 0 Å². The van der Waals surface area contributed by atoms with Gasteiger partial charge in [0.15, 0.2) is 15.8 Å². The molecule has 9 heteroatoms. The Kier molecular flexibility index (Phi) is 6.75. The van der Waals surface area contributed by atoms with Crippen LogP contribution in [0.25, 0.3) is 0 Å². The van der Waals surface area contributed by atoms with Crippen molar-refractivity contribution in [3.05, 3.63) is 34.6 Å². The summed E-state index contributed by atoms with van der Waals surface area (Å²) in [6.07, 6.45) is 2.16. The summed E-state index contributed by atoms with van der Waals surface area (Å²) in [7, 11) is -1.45. The number of nitrogens with one attached hydrogen (secondary N) is 1. The van der Waals surface area contributed by atoms with Gasteiger partial charge in [-0.1, -0.05) is 17.7 Å². The predicted molar refractivity (Wildman–Crippen MR) is 116 cm³/mol. The summed E-state index contributed by atoms with van der Waals surface area (Å²) in [5.41, 5.74) is 0.501. The molecule has 1 aromatic rings. The highest BCUT2D eigenvalue weighted by atomic mass is 35.5. The van der Waals surface area contributed by atoms with Crippen LogP contribution in [0.5, 0.6) is 0 Å². The Labute approximate surface area is 178 Å². The minimum atomic E-state index is -3.13. The summed E-state index contributed by atoms with van der Waals surface area (Å²) in [6, 6.07) is 4.56. The van der Waals surface area contributed by atoms with Crippen LogP contribution in [0.4, 0.5) is 4.39 Å². The summed E-state index contributed by atoms with van der Waals surface area (Å²) in [4.78, 5) is 8.56. The normalized spacial score (nSPS) is 23.2. The van der Waals surface area contributed by atoms with Crippen molar-refractivity contribution < 1.29 is 12.8 Å². The first kappa shape index (κ1) is 22.3. The van der Waals surface area contributed by atoms with E-state index in [1.807, 2.05) is 4.90 Å². The van der Waals surface area contributed by atoms with Gasteiger partial charge in [-0.15, -0.1) is 0 Å². The molecule has 0 aromatic heterocycles. The average Bonchev–Trinajstić information content (AvgIpc) is 3.17. The van der Waals surface area contributed by atoms with Crippen LogP contribution in [0.2, 0.25) is 5.02 Å². The Balaban J connectivity index is 1.78. The van der Waals surface area contributed by atoms with E-state index in [0.717, 1.165) is 25.9 Å². The van der Waals surface area contributed by atoms with E-state index in [2.05, 4.69) is 15.2 Å². The fraction of sp³-hybridized carbons (Fsp3) is 0.650. The molecule has 29 heavy (non-hydrogen) atoms. The zero-order valence-electron chi connectivity index (χ0n) is 17.3. The van der Waals surface area contributed by atoms with Gasteiger partial charge < -0.3 is 10.2 Å². The summed E-state index contributed by atoms with van der Waals surface area (Å²) in [6.45, 7) is 6.47. The number of benzene rings is 1. The van der Waals surface area contributed by atoms with E-state index >= 15 is 0 Å². The third kappa shape index (κ3) is 4.70. The van der Waals surface area contributed by atoms with Gasteiger partial charge in [0.1, 0.15) is 5.82 Å². The average molecular weight is 445 g/mol. The lowest BCUT2D eigenvalue weighted by Crippen LogP contribution is -2.57. The van der Waals surface area contributed by atoms with Crippen LogP contribution in [0, 0.1) is 5.82 Å². The molecular formula is C20H30ClFN4O2S. The lowest BCUT2D eigenvalue weighted by Gasteiger charge is -2.39. The standard InChI is InChI=1S/C20H30ClFN4O2S/c1-20(2)14-26(11-12-29(20,27)28)19(23-3)24-13-17(25-9-4-5-10-25)18-15(21)7-6-8-16(18)22/h6-8,17H,4-5,9-14H2,1-3H3,(H,23,24). The summed E-state index contributed by atoms with van der Waals surface area (Å²) < 4.78 is 38.4. The first-order valence-corrected chi connectivity index (χ1v) is 12.0. The maximum absolute atomic E-state index is 14.7. The molecule has 2 saturated heterocycles. The van der Waals surface area contributed by atoms with Crippen LogP contribution in [0.15, 0.2) is 23.2 Å². The molecule has 0 spiro atoms. The molecule has 1 N–H and O–H groups in total. The number of hydrogen-bond acceptors (Lipinski definition) is 4. The monoisotopic (exact) mass is 444 g/mol. The van der Waals surface area contributed by atoms with Crippen molar-refractivity contribution >= 4 is 27.4 Å². The number of sulfone groups is 1. The molecule has 6 nitrogen and oxygen atoms in total. The third-order valence-corrected chi connectivity index (χ3v) is 8.79. The van der Waals surface area contributed by atoms with E-state index in [1.165, 1.54) is 6.07 Å². The third-order valence-electron chi connectivity index (χ3n) is 5.92. The zero-order chi connectivity index (χ0) is 21.2. The minimum Gasteiger partial charge on any atom is -0.354 e. The summed E-state index contributed by atoms with van der Waals surface area (Å²) >= 11 is 6.37. The number of likely N-dealkylation sites (tertiary alicyclic amines) is 1. The van der Waals surface area contributed by atoms with Gasteiger partial charge in [0, 0.05) is 37.3 Å². The lowest BCUT2D eigenvalue weighted by atomic mass is 10.0. The molecule has 1 unspecified atom stereocenters. The Morgan fingerprint density at radius 1 is 1.31 bits per heavy atom. The van der Waals surface area contributed by atoms with Crippen LogP contribution < -0.4 is 5.32 Å². The Bertz CT molecular complexity index is 849. The fourth-order valence-electron chi connectivity index (χ4n) is 4.14. The molecular weight excluding hydrogens is 415 g/mol. The maximum atomic E-state index is 14.7. The molecule has 0 radical (unpaired) electrons. The SMILES string of the molecule is CN=C(NCC(c1c(F)cccc1Cl)N1CCCC1)N1CCS(=O)(=O)C(C)(C)C1. The smallest absolute Gasteiger partial charge is 0.193 e. The fourth-order valence-corrected chi connectivity index (χ4v) is 5.80. The van der Waals surface area contributed by atoms with Gasteiger partial charge in [-0.3, -0.25) is 9.89 Å². The zero-order valence-corrected chi connectivity index (χ0v) is 18.9. The molecule has 3 rings (SSSR count). The van der Waals surface area contributed by atoms with Gasteiger partial charge >= 0.3 is 0 Å². The van der Waals surface area contributed by atoms with E-state index < -0.39 is 14.6 Å². The van der Waals surface area contributed by atoms with Crippen LogP contribution in [-0.2, 0) is 9.84 Å². The van der Waals surface area contributed by atoms with Gasteiger partial charge in [-0.2, -0.15) is 0 Å². The topological polar surface area (TPSA) is 65.0 Å². The van der Waals surface area contributed by atoms with Crippen LogP contribution in [0.3, 0.4) is 0 Å². The lowest BCUT2D eigenvalue weighted by molar-refractivity contribution is 0.237. The molecule has 0 bridgehead atoms. The van der Waals surface area contributed by atoms with Crippen molar-refractivity contribution in [2.24, 2.45) is 4.99 Å². The highest BCUT2D eigenvalue weighted by Gasteiger charge is 2.41. The number of rotatable bonds is 4. The molecule has 0 aliphatic carbocycles. The second-order valence-electron chi connectivity index (χ2n) is 8.32. The summed E-state index contributed by atoms with van der Waals surface area (Å²) in [5.74, 6) is 0.413. The molecule has 0 saturated carbocycles. The van der Waals surface area contributed by atoms with Gasteiger partial charge in [0.05, 0.1) is 16.5 Å². The van der Waals surface area contributed by atoms with Gasteiger partial charge in [-0.05, 0) is 51.9 Å². The van der Waals surface area contributed by atoms with Gasteiger partial charge in [0.25, 0.3) is 0 Å². The number of guanidine groups is 1. The maximum Gasteiger partial charge on any atom is 0.193 e. The second kappa shape index (κ2) is 8.78. The predicted octanol–water partition coefficient (Wildman–Crippen LogP) is 2.70. The first-order chi connectivity index (χ1) is 13.7. The van der Waals surface area contributed by atoms with Crippen molar-refractivity contribution in [2.75, 3.05) is 45.5 Å². The molecule has 2 aliphatic rings. The molecule has 2 aliphatic heterocycles. The highest BCUT2D eigenvalue weighted by molar-refractivity contribution is 7.92. The quantitative estimate of drug-likeness (QED) is 0.571. The van der Waals surface area contributed by atoms with Crippen molar-refractivity contribution in [1.82, 2.24) is 15.1 Å². The van der Waals surface area contributed by atoms with E-state index in [4.69, 9.17) is 11.6 Å². The van der Waals surface area contributed by atoms with Crippen LogP contribution in [-0.4, -0.2) is 74.4 Å². The highest BCUT2D eigenvalue weighted by Crippen LogP contribution is 2.32. The van der Waals surface area contributed by atoms with E-state index in [0.29, 0.717) is 36.2 Å². The molecule has 1 aromatic carbocycles. The van der Waals surface area contributed by atoms with Crippen molar-refractivity contribution in [3.63, 3.8) is 0 Å². The number of halogens is 2. The number of nitrogens with zero attached hydrogens (tertiary/aromatic N) is 3. The van der Waals surface area contributed by atoms with Gasteiger partial charge in [-0.25, -0.2) is 12.8 Å². The minimum absolute atomic E-state index is 0.0927. The first-order valence-electron chi connectivity index (χ1n) is 10.0. The Morgan fingerprint density at radius 2 is 2.00 bits per heavy atom. The number of hydrogen-bond donors (Lipinski definition) is 1. The van der Waals surface area contributed by atoms with Crippen molar-refractivity contribution in [1.29, 1.82) is 0 Å². The number of aliphatic imine (C=N–C) groups is 1. The van der Waals surface area contributed by atoms with E-state index in [-0.39, 0.29) is 17.6 Å². The Morgan fingerprint density at radius 3 is 2.59 bits per heavy atom. The van der Waals surface area contributed by atoms with Crippen molar-refractivity contribution in [3.8, 4) is 0 Å². The van der Waals surface area contributed by atoms with Crippen LogP contribution >= 0.6 is 11.6 Å².